The second kappa shape index (κ2) is 8.21. The maximum atomic E-state index is 5.99. The molecule has 2 aromatic rings. The molecule has 3 atom stereocenters. The Morgan fingerprint density at radius 2 is 2.11 bits per heavy atom. The van der Waals surface area contributed by atoms with Gasteiger partial charge in [-0.2, -0.15) is 5.10 Å². The molecule has 2 aliphatic heterocycles. The first-order valence-corrected chi connectivity index (χ1v) is 10.00. The van der Waals surface area contributed by atoms with Crippen LogP contribution >= 0.6 is 0 Å². The van der Waals surface area contributed by atoms with E-state index in [1.807, 2.05) is 4.68 Å². The van der Waals surface area contributed by atoms with Gasteiger partial charge in [0.15, 0.2) is 0 Å². The molecule has 0 aliphatic carbocycles. The zero-order chi connectivity index (χ0) is 18.6. The Morgan fingerprint density at radius 1 is 1.19 bits per heavy atom. The minimum absolute atomic E-state index is 0.226. The Morgan fingerprint density at radius 3 is 2.93 bits per heavy atom. The van der Waals surface area contributed by atoms with Gasteiger partial charge in [-0.3, -0.25) is 0 Å². The molecule has 4 heterocycles. The van der Waals surface area contributed by atoms with E-state index in [1.54, 1.807) is 19.0 Å². The summed E-state index contributed by atoms with van der Waals surface area (Å²) in [5.41, 5.74) is 0. The van der Waals surface area contributed by atoms with Gasteiger partial charge in [-0.25, -0.2) is 19.6 Å². The van der Waals surface area contributed by atoms with E-state index in [1.165, 1.54) is 0 Å². The molecule has 0 spiro atoms. The van der Waals surface area contributed by atoms with Gasteiger partial charge in [-0.1, -0.05) is 13.8 Å². The van der Waals surface area contributed by atoms with Crippen LogP contribution in [0.3, 0.4) is 0 Å². The third-order valence-corrected chi connectivity index (χ3v) is 5.54. The molecule has 2 aliphatic rings. The summed E-state index contributed by atoms with van der Waals surface area (Å²) in [6, 6.07) is 2.70. The SMILES string of the molecule is CC(C)C1OCCCC1Nc1cc(N2CCCC(n3cncn3)C2)ncn1. The molecule has 0 bridgehead atoms. The van der Waals surface area contributed by atoms with Gasteiger partial charge in [-0.15, -0.1) is 0 Å². The van der Waals surface area contributed by atoms with Crippen molar-refractivity contribution in [2.24, 2.45) is 5.92 Å². The molecular weight excluding hydrogens is 342 g/mol. The number of hydrogen-bond acceptors (Lipinski definition) is 7. The molecule has 146 valence electrons. The van der Waals surface area contributed by atoms with Crippen LogP contribution in [0.25, 0.3) is 0 Å². The summed E-state index contributed by atoms with van der Waals surface area (Å²) in [6.07, 6.45) is 9.72. The molecule has 0 amide bonds. The number of hydrogen-bond donors (Lipinski definition) is 1. The molecule has 4 rings (SSSR count). The van der Waals surface area contributed by atoms with E-state index >= 15 is 0 Å². The number of piperidine rings is 1. The Labute approximate surface area is 160 Å². The number of nitrogens with one attached hydrogen (secondary N) is 1. The zero-order valence-electron chi connectivity index (χ0n) is 16.2. The van der Waals surface area contributed by atoms with Crippen molar-refractivity contribution in [3.63, 3.8) is 0 Å². The summed E-state index contributed by atoms with van der Waals surface area (Å²) in [5.74, 6) is 2.33. The highest BCUT2D eigenvalue weighted by Gasteiger charge is 2.29. The highest BCUT2D eigenvalue weighted by molar-refractivity contribution is 5.49. The predicted octanol–water partition coefficient (Wildman–Crippen LogP) is 2.53. The summed E-state index contributed by atoms with van der Waals surface area (Å²) in [5, 5.41) is 7.91. The van der Waals surface area contributed by atoms with Gasteiger partial charge < -0.3 is 15.0 Å². The van der Waals surface area contributed by atoms with E-state index in [-0.39, 0.29) is 6.10 Å². The van der Waals surface area contributed by atoms with Gasteiger partial charge in [0.25, 0.3) is 0 Å². The number of rotatable bonds is 5. The second-order valence-corrected chi connectivity index (χ2v) is 7.85. The average molecular weight is 371 g/mol. The van der Waals surface area contributed by atoms with E-state index < -0.39 is 0 Å². The van der Waals surface area contributed by atoms with Crippen molar-refractivity contribution in [3.05, 3.63) is 25.0 Å². The van der Waals surface area contributed by atoms with Crippen LogP contribution < -0.4 is 10.2 Å². The minimum Gasteiger partial charge on any atom is -0.376 e. The van der Waals surface area contributed by atoms with E-state index in [0.29, 0.717) is 18.0 Å². The van der Waals surface area contributed by atoms with Crippen molar-refractivity contribution >= 4 is 11.6 Å². The monoisotopic (exact) mass is 371 g/mol. The van der Waals surface area contributed by atoms with Crippen molar-refractivity contribution in [2.45, 2.75) is 57.7 Å². The Kier molecular flexibility index (Phi) is 5.52. The third-order valence-electron chi connectivity index (χ3n) is 5.54. The van der Waals surface area contributed by atoms with Crippen LogP contribution in [0.5, 0.6) is 0 Å². The van der Waals surface area contributed by atoms with Gasteiger partial charge in [0.1, 0.15) is 30.6 Å². The number of nitrogens with zero attached hydrogens (tertiary/aromatic N) is 6. The summed E-state index contributed by atoms with van der Waals surface area (Å²) in [4.78, 5) is 15.4. The van der Waals surface area contributed by atoms with Crippen LogP contribution in [0.2, 0.25) is 0 Å². The van der Waals surface area contributed by atoms with Crippen molar-refractivity contribution in [3.8, 4) is 0 Å². The Balaban J connectivity index is 1.45. The van der Waals surface area contributed by atoms with Gasteiger partial charge in [0.05, 0.1) is 18.2 Å². The molecular formula is C19H29N7O. The molecule has 2 saturated heterocycles. The first kappa shape index (κ1) is 18.2. The van der Waals surface area contributed by atoms with E-state index in [4.69, 9.17) is 4.74 Å². The molecule has 8 heteroatoms. The fourth-order valence-corrected chi connectivity index (χ4v) is 4.19. The summed E-state index contributed by atoms with van der Waals surface area (Å²) in [6.45, 7) is 7.18. The van der Waals surface area contributed by atoms with Crippen LogP contribution in [0.4, 0.5) is 11.6 Å². The lowest BCUT2D eigenvalue weighted by atomic mass is 9.93. The van der Waals surface area contributed by atoms with Crippen molar-refractivity contribution < 1.29 is 4.74 Å². The minimum atomic E-state index is 0.226. The maximum absolute atomic E-state index is 5.99. The maximum Gasteiger partial charge on any atom is 0.137 e. The van der Waals surface area contributed by atoms with E-state index in [0.717, 1.165) is 57.0 Å². The molecule has 27 heavy (non-hydrogen) atoms. The summed E-state index contributed by atoms with van der Waals surface area (Å²) in [7, 11) is 0. The van der Waals surface area contributed by atoms with Crippen molar-refractivity contribution in [1.29, 1.82) is 0 Å². The average Bonchev–Trinajstić information content (AvgIpc) is 3.23. The quantitative estimate of drug-likeness (QED) is 0.865. The first-order valence-electron chi connectivity index (χ1n) is 10.00. The topological polar surface area (TPSA) is 81.0 Å². The predicted molar refractivity (Wildman–Crippen MR) is 104 cm³/mol. The van der Waals surface area contributed by atoms with Gasteiger partial charge in [0.2, 0.25) is 0 Å². The Bertz CT molecular complexity index is 721. The lowest BCUT2D eigenvalue weighted by Crippen LogP contribution is -2.43. The molecule has 0 radical (unpaired) electrons. The standard InChI is InChI=1S/C19H29N7O/c1-14(2)19-16(6-4-8-27-19)24-17-9-18(22-12-21-17)25-7-3-5-15(10-25)26-13-20-11-23-26/h9,11-16,19H,3-8,10H2,1-2H3,(H,21,22,24). The molecule has 3 unspecified atom stereocenters. The largest absolute Gasteiger partial charge is 0.376 e. The number of ether oxygens (including phenoxy) is 1. The zero-order valence-corrected chi connectivity index (χ0v) is 16.2. The smallest absolute Gasteiger partial charge is 0.137 e. The van der Waals surface area contributed by atoms with Crippen LogP contribution in [-0.2, 0) is 4.74 Å². The van der Waals surface area contributed by atoms with Gasteiger partial charge in [0, 0.05) is 25.8 Å². The highest BCUT2D eigenvalue weighted by Crippen LogP contribution is 2.27. The van der Waals surface area contributed by atoms with Crippen LogP contribution in [0.15, 0.2) is 25.0 Å². The second-order valence-electron chi connectivity index (χ2n) is 7.85. The van der Waals surface area contributed by atoms with Crippen LogP contribution in [0.1, 0.15) is 45.6 Å². The summed E-state index contributed by atoms with van der Waals surface area (Å²) < 4.78 is 7.95. The molecule has 0 aromatic carbocycles. The van der Waals surface area contributed by atoms with Crippen molar-refractivity contribution in [1.82, 2.24) is 24.7 Å². The normalized spacial score (nSPS) is 26.3. The fourth-order valence-electron chi connectivity index (χ4n) is 4.19. The molecule has 0 saturated carbocycles. The number of aromatic nitrogens is 5. The Hall–Kier alpha value is -2.22. The lowest BCUT2D eigenvalue weighted by molar-refractivity contribution is -0.0203. The third kappa shape index (κ3) is 4.21. The first-order chi connectivity index (χ1) is 13.2. The molecule has 2 aromatic heterocycles. The fraction of sp³-hybridized carbons (Fsp3) is 0.684. The van der Waals surface area contributed by atoms with E-state index in [9.17, 15) is 0 Å². The van der Waals surface area contributed by atoms with Gasteiger partial charge in [-0.05, 0) is 31.6 Å². The van der Waals surface area contributed by atoms with Crippen molar-refractivity contribution in [2.75, 3.05) is 29.9 Å². The summed E-state index contributed by atoms with van der Waals surface area (Å²) >= 11 is 0. The van der Waals surface area contributed by atoms with Crippen LogP contribution in [0, 0.1) is 5.92 Å². The molecule has 8 nitrogen and oxygen atoms in total. The van der Waals surface area contributed by atoms with Gasteiger partial charge >= 0.3 is 0 Å². The molecule has 1 N–H and O–H groups in total. The van der Waals surface area contributed by atoms with E-state index in [2.05, 4.69) is 50.2 Å². The van der Waals surface area contributed by atoms with Crippen LogP contribution in [-0.4, -0.2) is 56.6 Å². The molecule has 2 fully saturated rings. The lowest BCUT2D eigenvalue weighted by Gasteiger charge is -2.36. The number of anilines is 2. The highest BCUT2D eigenvalue weighted by atomic mass is 16.5.